The fourth-order valence-corrected chi connectivity index (χ4v) is 7.36. The highest BCUT2D eigenvalue weighted by molar-refractivity contribution is 6.36. The molecule has 0 saturated carbocycles. The van der Waals surface area contributed by atoms with E-state index < -0.39 is 0 Å². The van der Waals surface area contributed by atoms with E-state index >= 15 is 0 Å². The second kappa shape index (κ2) is 11.3. The van der Waals surface area contributed by atoms with Crippen molar-refractivity contribution in [3.63, 3.8) is 0 Å². The molecule has 0 spiro atoms. The SMILES string of the molecule is Cc1cnccc1-c1ccc2c(c1)c1ccccc1n2-c1cccc2c1C(=O)N(c1cccc(-c3ccccc3)c1-c1ccccc1)C2=O. The molecule has 49 heavy (non-hydrogen) atoms. The van der Waals surface area contributed by atoms with Gasteiger partial charge in [0.05, 0.1) is 33.5 Å². The predicted molar refractivity (Wildman–Crippen MR) is 197 cm³/mol. The molecule has 8 aromatic rings. The highest BCUT2D eigenvalue weighted by Gasteiger charge is 2.40. The molecule has 1 aliphatic rings. The lowest BCUT2D eigenvalue weighted by atomic mass is 9.92. The summed E-state index contributed by atoms with van der Waals surface area (Å²) in [6.07, 6.45) is 3.69. The number of imide groups is 1. The third kappa shape index (κ3) is 4.44. The van der Waals surface area contributed by atoms with Crippen LogP contribution in [0.3, 0.4) is 0 Å². The van der Waals surface area contributed by atoms with Crippen molar-refractivity contribution in [3.8, 4) is 39.1 Å². The molecule has 0 saturated heterocycles. The van der Waals surface area contributed by atoms with Crippen LogP contribution in [0.2, 0.25) is 0 Å². The van der Waals surface area contributed by atoms with Gasteiger partial charge < -0.3 is 4.57 Å². The Morgan fingerprint density at radius 2 is 1.16 bits per heavy atom. The van der Waals surface area contributed by atoms with Crippen molar-refractivity contribution in [2.75, 3.05) is 4.90 Å². The lowest BCUT2D eigenvalue weighted by Crippen LogP contribution is -2.30. The van der Waals surface area contributed by atoms with Crippen molar-refractivity contribution in [3.05, 3.63) is 175 Å². The number of hydrogen-bond donors (Lipinski definition) is 0. The van der Waals surface area contributed by atoms with E-state index in [1.807, 2.05) is 109 Å². The van der Waals surface area contributed by atoms with E-state index in [4.69, 9.17) is 0 Å². The molecule has 0 atom stereocenters. The molecule has 5 nitrogen and oxygen atoms in total. The number of aromatic nitrogens is 2. The van der Waals surface area contributed by atoms with Crippen molar-refractivity contribution in [2.24, 2.45) is 0 Å². The fraction of sp³-hybridized carbons (Fsp3) is 0.0227. The summed E-state index contributed by atoms with van der Waals surface area (Å²) in [5.41, 5.74) is 11.0. The van der Waals surface area contributed by atoms with Crippen LogP contribution < -0.4 is 4.90 Å². The Labute approximate surface area is 283 Å². The molecule has 2 aromatic heterocycles. The minimum atomic E-state index is -0.340. The van der Waals surface area contributed by atoms with Gasteiger partial charge in [-0.15, -0.1) is 0 Å². The number of nitrogens with zero attached hydrogens (tertiary/aromatic N) is 3. The van der Waals surface area contributed by atoms with Crippen LogP contribution in [0.25, 0.3) is 60.9 Å². The van der Waals surface area contributed by atoms with Crippen molar-refractivity contribution < 1.29 is 9.59 Å². The quantitative estimate of drug-likeness (QED) is 0.178. The van der Waals surface area contributed by atoms with Gasteiger partial charge in [-0.1, -0.05) is 103 Å². The van der Waals surface area contributed by atoms with Gasteiger partial charge in [0, 0.05) is 28.7 Å². The molecule has 1 aliphatic heterocycles. The standard InChI is InChI=1S/C44H29N3O2/c1-28-27-45-25-24-32(28)31-22-23-38-36(26-31)34-16-8-9-19-37(34)46(38)40-21-11-18-35-42(40)44(49)47(43(35)48)39-20-10-17-33(29-12-4-2-5-13-29)41(39)30-14-6-3-7-15-30/h2-27H,1H3. The molecule has 0 unspecified atom stereocenters. The molecule has 0 aliphatic carbocycles. The Hall–Kier alpha value is -6.59. The molecule has 6 aromatic carbocycles. The number of carbonyl (C=O) groups is 2. The molecule has 0 bridgehead atoms. The third-order valence-corrected chi connectivity index (χ3v) is 9.57. The minimum absolute atomic E-state index is 0.333. The Balaban J connectivity index is 1.25. The van der Waals surface area contributed by atoms with Crippen LogP contribution in [0.4, 0.5) is 5.69 Å². The van der Waals surface area contributed by atoms with E-state index in [1.165, 1.54) is 4.90 Å². The number of aryl methyl sites for hydroxylation is 1. The first-order valence-electron chi connectivity index (χ1n) is 16.3. The zero-order valence-corrected chi connectivity index (χ0v) is 26.7. The average molecular weight is 632 g/mol. The van der Waals surface area contributed by atoms with E-state index in [0.717, 1.165) is 60.8 Å². The van der Waals surface area contributed by atoms with Crippen LogP contribution >= 0.6 is 0 Å². The average Bonchev–Trinajstić information content (AvgIpc) is 3.62. The molecule has 9 rings (SSSR count). The molecule has 0 radical (unpaired) electrons. The third-order valence-electron chi connectivity index (χ3n) is 9.57. The normalized spacial score (nSPS) is 12.6. The van der Waals surface area contributed by atoms with Crippen molar-refractivity contribution >= 4 is 39.3 Å². The summed E-state index contributed by atoms with van der Waals surface area (Å²) < 4.78 is 2.12. The lowest BCUT2D eigenvalue weighted by Gasteiger charge is -2.22. The van der Waals surface area contributed by atoms with Crippen molar-refractivity contribution in [1.82, 2.24) is 9.55 Å². The number of carbonyl (C=O) groups excluding carboxylic acids is 2. The summed E-state index contributed by atoms with van der Waals surface area (Å²) in [5, 5.41) is 2.14. The molecule has 232 valence electrons. The number of amides is 2. The zero-order valence-electron chi connectivity index (χ0n) is 26.7. The summed E-state index contributed by atoms with van der Waals surface area (Å²) in [4.78, 5) is 34.8. The summed E-state index contributed by atoms with van der Waals surface area (Å²) in [5.74, 6) is -0.673. The van der Waals surface area contributed by atoms with Gasteiger partial charge >= 0.3 is 0 Å². The number of fused-ring (bicyclic) bond motifs is 4. The maximum absolute atomic E-state index is 14.8. The topological polar surface area (TPSA) is 55.2 Å². The summed E-state index contributed by atoms with van der Waals surface area (Å²) in [6.45, 7) is 2.07. The van der Waals surface area contributed by atoms with Crippen molar-refractivity contribution in [2.45, 2.75) is 6.92 Å². The number of pyridine rings is 1. The Morgan fingerprint density at radius 3 is 1.94 bits per heavy atom. The summed E-state index contributed by atoms with van der Waals surface area (Å²) in [6, 6.07) is 48.2. The molecule has 0 N–H and O–H groups in total. The lowest BCUT2D eigenvalue weighted by molar-refractivity contribution is 0.0926. The van der Waals surface area contributed by atoms with Gasteiger partial charge in [0.2, 0.25) is 0 Å². The maximum Gasteiger partial charge on any atom is 0.268 e. The van der Waals surface area contributed by atoms with Crippen LogP contribution in [0.15, 0.2) is 158 Å². The first-order valence-corrected chi connectivity index (χ1v) is 16.3. The van der Waals surface area contributed by atoms with E-state index in [-0.39, 0.29) is 11.8 Å². The summed E-state index contributed by atoms with van der Waals surface area (Å²) >= 11 is 0. The number of anilines is 1. The van der Waals surface area contributed by atoms with Gasteiger partial charge in [0.25, 0.3) is 11.8 Å². The zero-order chi connectivity index (χ0) is 33.1. The van der Waals surface area contributed by atoms with Gasteiger partial charge in [0.15, 0.2) is 0 Å². The van der Waals surface area contributed by atoms with E-state index in [1.54, 1.807) is 6.07 Å². The first kappa shape index (κ1) is 28.6. The number of hydrogen-bond acceptors (Lipinski definition) is 3. The Kier molecular flexibility index (Phi) is 6.59. The van der Waals surface area contributed by atoms with Crippen LogP contribution in [0.1, 0.15) is 26.3 Å². The van der Waals surface area contributed by atoms with Gasteiger partial charge in [-0.25, -0.2) is 4.90 Å². The maximum atomic E-state index is 14.8. The second-order valence-electron chi connectivity index (χ2n) is 12.4. The van der Waals surface area contributed by atoms with Crippen LogP contribution in [-0.2, 0) is 0 Å². The van der Waals surface area contributed by atoms with Crippen LogP contribution in [0, 0.1) is 6.92 Å². The van der Waals surface area contributed by atoms with E-state index in [2.05, 4.69) is 58.9 Å². The van der Waals surface area contributed by atoms with Gasteiger partial charge in [-0.05, 0) is 82.8 Å². The summed E-state index contributed by atoms with van der Waals surface area (Å²) in [7, 11) is 0. The molecular formula is C44H29N3O2. The molecular weight excluding hydrogens is 603 g/mol. The van der Waals surface area contributed by atoms with Gasteiger partial charge in [-0.3, -0.25) is 14.6 Å². The molecule has 2 amide bonds. The van der Waals surface area contributed by atoms with Crippen molar-refractivity contribution in [1.29, 1.82) is 0 Å². The highest BCUT2D eigenvalue weighted by Crippen LogP contribution is 2.44. The molecule has 3 heterocycles. The van der Waals surface area contributed by atoms with Crippen LogP contribution in [-0.4, -0.2) is 21.4 Å². The Bertz CT molecular complexity index is 2600. The largest absolute Gasteiger partial charge is 0.308 e. The number of para-hydroxylation sites is 1. The minimum Gasteiger partial charge on any atom is -0.308 e. The number of benzene rings is 6. The smallest absolute Gasteiger partial charge is 0.268 e. The monoisotopic (exact) mass is 631 g/mol. The predicted octanol–water partition coefficient (Wildman–Crippen LogP) is 10.3. The molecule has 0 fully saturated rings. The van der Waals surface area contributed by atoms with E-state index in [0.29, 0.717) is 22.5 Å². The Morgan fingerprint density at radius 1 is 0.490 bits per heavy atom. The second-order valence-corrected chi connectivity index (χ2v) is 12.4. The first-order chi connectivity index (χ1) is 24.1. The van der Waals surface area contributed by atoms with Gasteiger partial charge in [-0.2, -0.15) is 0 Å². The molecule has 5 heteroatoms. The number of rotatable bonds is 5. The highest BCUT2D eigenvalue weighted by atomic mass is 16.2. The van der Waals surface area contributed by atoms with Gasteiger partial charge in [0.1, 0.15) is 0 Å². The van der Waals surface area contributed by atoms with E-state index in [9.17, 15) is 9.59 Å². The fourth-order valence-electron chi connectivity index (χ4n) is 7.36. The van der Waals surface area contributed by atoms with Crippen LogP contribution in [0.5, 0.6) is 0 Å².